The minimum atomic E-state index is -0.272. The van der Waals surface area contributed by atoms with Gasteiger partial charge in [0.2, 0.25) is 0 Å². The molecule has 4 saturated carbocycles. The molecular formula is C22H36O3. The van der Waals surface area contributed by atoms with Gasteiger partial charge in [-0.1, -0.05) is 20.3 Å². The van der Waals surface area contributed by atoms with Crippen molar-refractivity contribution in [3.8, 4) is 0 Å². The van der Waals surface area contributed by atoms with E-state index in [-0.39, 0.29) is 17.3 Å². The minimum Gasteiger partial charge on any atom is -0.393 e. The van der Waals surface area contributed by atoms with E-state index in [9.17, 15) is 5.11 Å². The molecule has 1 heterocycles. The summed E-state index contributed by atoms with van der Waals surface area (Å²) < 4.78 is 12.7. The van der Waals surface area contributed by atoms with E-state index in [0.717, 1.165) is 43.8 Å². The second-order valence-electron chi connectivity index (χ2n) is 10.4. The van der Waals surface area contributed by atoms with Crippen LogP contribution in [0.5, 0.6) is 0 Å². The lowest BCUT2D eigenvalue weighted by Gasteiger charge is -2.60. The summed E-state index contributed by atoms with van der Waals surface area (Å²) >= 11 is 0. The number of ether oxygens (including phenoxy) is 2. The van der Waals surface area contributed by atoms with Crippen molar-refractivity contribution in [3.05, 3.63) is 0 Å². The molecule has 0 bridgehead atoms. The Bertz CT molecular complexity index is 527. The van der Waals surface area contributed by atoms with Gasteiger partial charge in [-0.05, 0) is 80.0 Å². The minimum absolute atomic E-state index is 0.0639. The van der Waals surface area contributed by atoms with E-state index in [0.29, 0.717) is 11.3 Å². The van der Waals surface area contributed by atoms with Crippen LogP contribution >= 0.6 is 0 Å². The van der Waals surface area contributed by atoms with Crippen molar-refractivity contribution in [1.82, 2.24) is 0 Å². The molecule has 142 valence electrons. The van der Waals surface area contributed by atoms with Crippen LogP contribution in [-0.4, -0.2) is 30.2 Å². The maximum atomic E-state index is 10.6. The number of rotatable bonds is 0. The van der Waals surface area contributed by atoms with Gasteiger partial charge in [-0.15, -0.1) is 0 Å². The van der Waals surface area contributed by atoms with Crippen molar-refractivity contribution in [2.75, 3.05) is 13.2 Å². The Morgan fingerprint density at radius 2 is 1.48 bits per heavy atom. The fraction of sp³-hybridized carbons (Fsp3) is 1.00. The monoisotopic (exact) mass is 348 g/mol. The Balaban J connectivity index is 1.49. The molecule has 1 saturated heterocycles. The second-order valence-corrected chi connectivity index (χ2v) is 10.4. The van der Waals surface area contributed by atoms with Crippen molar-refractivity contribution < 1.29 is 14.6 Å². The van der Waals surface area contributed by atoms with E-state index in [1.54, 1.807) is 0 Å². The zero-order valence-electron chi connectivity index (χ0n) is 16.1. The summed E-state index contributed by atoms with van der Waals surface area (Å²) in [5, 5.41) is 10.6. The summed E-state index contributed by atoms with van der Waals surface area (Å²) in [4.78, 5) is 0. The third kappa shape index (κ3) is 2.21. The molecule has 7 unspecified atom stereocenters. The van der Waals surface area contributed by atoms with Gasteiger partial charge in [0.25, 0.3) is 0 Å². The van der Waals surface area contributed by atoms with Gasteiger partial charge < -0.3 is 14.6 Å². The Morgan fingerprint density at radius 3 is 2.28 bits per heavy atom. The molecule has 3 heteroatoms. The molecule has 0 aromatic rings. The van der Waals surface area contributed by atoms with Gasteiger partial charge in [-0.2, -0.15) is 0 Å². The first-order chi connectivity index (χ1) is 12.0. The van der Waals surface area contributed by atoms with Crippen molar-refractivity contribution in [2.45, 2.75) is 89.9 Å². The summed E-state index contributed by atoms with van der Waals surface area (Å²) in [5.41, 5.74) is 0.547. The highest BCUT2D eigenvalue weighted by Crippen LogP contribution is 2.67. The van der Waals surface area contributed by atoms with E-state index in [1.807, 2.05) is 0 Å². The topological polar surface area (TPSA) is 38.7 Å². The molecule has 3 nitrogen and oxygen atoms in total. The molecule has 0 aromatic carbocycles. The molecule has 1 N–H and O–H groups in total. The quantitative estimate of drug-likeness (QED) is 0.699. The summed E-state index contributed by atoms with van der Waals surface area (Å²) in [6.07, 6.45) is 12.4. The summed E-state index contributed by atoms with van der Waals surface area (Å²) in [6, 6.07) is 0. The van der Waals surface area contributed by atoms with Crippen LogP contribution in [-0.2, 0) is 9.47 Å². The molecule has 5 rings (SSSR count). The number of hydrogen-bond donors (Lipinski definition) is 1. The number of hydrogen-bond acceptors (Lipinski definition) is 3. The third-order valence-electron chi connectivity index (χ3n) is 9.62. The molecule has 0 aromatic heterocycles. The van der Waals surface area contributed by atoms with E-state index in [2.05, 4.69) is 13.8 Å². The van der Waals surface area contributed by atoms with Crippen LogP contribution in [0, 0.1) is 34.5 Å². The lowest BCUT2D eigenvalue weighted by atomic mass is 9.46. The SMILES string of the molecule is CC12CCC3C(CCC4C5(CCCCC34C)OCCO5)C1CCC2O. The van der Waals surface area contributed by atoms with Crippen molar-refractivity contribution in [3.63, 3.8) is 0 Å². The maximum absolute atomic E-state index is 10.6. The molecule has 7 atom stereocenters. The van der Waals surface area contributed by atoms with Gasteiger partial charge in [0.1, 0.15) is 0 Å². The highest BCUT2D eigenvalue weighted by molar-refractivity contribution is 5.11. The van der Waals surface area contributed by atoms with E-state index < -0.39 is 0 Å². The largest absolute Gasteiger partial charge is 0.393 e. The Morgan fingerprint density at radius 1 is 0.760 bits per heavy atom. The van der Waals surface area contributed by atoms with Crippen LogP contribution in [0.15, 0.2) is 0 Å². The van der Waals surface area contributed by atoms with Gasteiger partial charge in [0.15, 0.2) is 5.79 Å². The Hall–Kier alpha value is -0.120. The lowest BCUT2D eigenvalue weighted by Crippen LogP contribution is -2.57. The molecule has 4 aliphatic carbocycles. The van der Waals surface area contributed by atoms with E-state index in [1.165, 1.54) is 51.4 Å². The van der Waals surface area contributed by atoms with E-state index >= 15 is 0 Å². The van der Waals surface area contributed by atoms with E-state index in [4.69, 9.17) is 9.47 Å². The van der Waals surface area contributed by atoms with Gasteiger partial charge in [0.05, 0.1) is 19.3 Å². The molecule has 0 radical (unpaired) electrons. The third-order valence-corrected chi connectivity index (χ3v) is 9.62. The van der Waals surface area contributed by atoms with Gasteiger partial charge in [-0.3, -0.25) is 0 Å². The molecular weight excluding hydrogens is 312 g/mol. The van der Waals surface area contributed by atoms with Crippen LogP contribution in [0.25, 0.3) is 0 Å². The first-order valence-electron chi connectivity index (χ1n) is 11.0. The normalized spacial score (nSPS) is 54.6. The summed E-state index contributed by atoms with van der Waals surface area (Å²) in [7, 11) is 0. The predicted molar refractivity (Wildman–Crippen MR) is 97.0 cm³/mol. The first-order valence-corrected chi connectivity index (χ1v) is 11.0. The number of fused-ring (bicyclic) bond motifs is 6. The van der Waals surface area contributed by atoms with Crippen LogP contribution in [0.2, 0.25) is 0 Å². The van der Waals surface area contributed by atoms with Gasteiger partial charge in [0, 0.05) is 12.3 Å². The summed E-state index contributed by atoms with van der Waals surface area (Å²) in [5.74, 6) is 2.66. The smallest absolute Gasteiger partial charge is 0.171 e. The number of aliphatic hydroxyl groups excluding tert-OH is 1. The number of aliphatic hydroxyl groups is 1. The standard InChI is InChI=1S/C22H36O3/c1-20-10-3-4-11-22(24-13-14-25-22)18(20)7-5-15-16-6-8-19(23)21(16,2)12-9-17(15)20/h15-19,23H,3-14H2,1-2H3. The van der Waals surface area contributed by atoms with Gasteiger partial charge in [-0.25, -0.2) is 0 Å². The van der Waals surface area contributed by atoms with Crippen LogP contribution in [0.1, 0.15) is 78.1 Å². The first kappa shape index (κ1) is 17.0. The average molecular weight is 349 g/mol. The highest BCUT2D eigenvalue weighted by Gasteiger charge is 2.63. The molecule has 1 spiro atoms. The fourth-order valence-corrected chi connectivity index (χ4v) is 8.38. The molecule has 5 fully saturated rings. The van der Waals surface area contributed by atoms with Crippen molar-refractivity contribution >= 4 is 0 Å². The highest BCUT2D eigenvalue weighted by atomic mass is 16.7. The second kappa shape index (κ2) is 5.69. The lowest BCUT2D eigenvalue weighted by molar-refractivity contribution is -0.250. The van der Waals surface area contributed by atoms with Crippen LogP contribution < -0.4 is 0 Å². The predicted octanol–water partition coefficient (Wildman–Crippen LogP) is 4.52. The fourth-order valence-electron chi connectivity index (χ4n) is 8.38. The van der Waals surface area contributed by atoms with Crippen LogP contribution in [0.3, 0.4) is 0 Å². The van der Waals surface area contributed by atoms with Crippen molar-refractivity contribution in [2.24, 2.45) is 34.5 Å². The Labute approximate surface area is 152 Å². The molecule has 0 amide bonds. The maximum Gasteiger partial charge on any atom is 0.171 e. The zero-order valence-corrected chi connectivity index (χ0v) is 16.1. The molecule has 25 heavy (non-hydrogen) atoms. The average Bonchev–Trinajstić information content (AvgIpc) is 3.14. The molecule has 1 aliphatic heterocycles. The Kier molecular flexibility index (Phi) is 3.87. The zero-order chi connectivity index (χ0) is 17.3. The van der Waals surface area contributed by atoms with Crippen molar-refractivity contribution in [1.29, 1.82) is 0 Å². The summed E-state index contributed by atoms with van der Waals surface area (Å²) in [6.45, 7) is 6.54. The molecule has 5 aliphatic rings. The van der Waals surface area contributed by atoms with Gasteiger partial charge >= 0.3 is 0 Å². The van der Waals surface area contributed by atoms with Crippen LogP contribution in [0.4, 0.5) is 0 Å².